The number of aryl methyl sites for hydroxylation is 1. The van der Waals surface area contributed by atoms with Gasteiger partial charge in [-0.2, -0.15) is 0 Å². The monoisotopic (exact) mass is 340 g/mol. The maximum absolute atomic E-state index is 12.3. The summed E-state index contributed by atoms with van der Waals surface area (Å²) in [6, 6.07) is 7.99. The minimum absolute atomic E-state index is 0.0515. The van der Waals surface area contributed by atoms with Gasteiger partial charge in [-0.05, 0) is 24.0 Å². The van der Waals surface area contributed by atoms with Gasteiger partial charge in [0.25, 0.3) is 5.91 Å². The highest BCUT2D eigenvalue weighted by atomic mass is 16.2. The smallest absolute Gasteiger partial charge is 0.271 e. The number of carbonyl (C=O) groups excluding carboxylic acids is 2. The SMILES string of the molecule is Cc1ccccc1[C@H](NC(=O)CCNC(=O)c1cnccn1)C(C)C. The summed E-state index contributed by atoms with van der Waals surface area (Å²) in [5.74, 6) is -0.166. The summed E-state index contributed by atoms with van der Waals surface area (Å²) in [6.07, 6.45) is 4.56. The van der Waals surface area contributed by atoms with E-state index < -0.39 is 0 Å². The number of amides is 2. The number of hydrogen-bond acceptors (Lipinski definition) is 4. The van der Waals surface area contributed by atoms with Crippen LogP contribution in [0.15, 0.2) is 42.9 Å². The first-order valence-corrected chi connectivity index (χ1v) is 8.38. The molecule has 2 amide bonds. The van der Waals surface area contributed by atoms with Gasteiger partial charge in [0.2, 0.25) is 5.91 Å². The lowest BCUT2D eigenvalue weighted by atomic mass is 9.92. The topological polar surface area (TPSA) is 84.0 Å². The molecule has 6 heteroatoms. The molecule has 0 aliphatic rings. The molecule has 0 spiro atoms. The van der Waals surface area contributed by atoms with Crippen LogP contribution in [0.4, 0.5) is 0 Å². The van der Waals surface area contributed by atoms with Crippen LogP contribution in [0.5, 0.6) is 0 Å². The number of benzene rings is 1. The Balaban J connectivity index is 1.88. The largest absolute Gasteiger partial charge is 0.350 e. The van der Waals surface area contributed by atoms with Gasteiger partial charge in [0.05, 0.1) is 12.2 Å². The maximum Gasteiger partial charge on any atom is 0.271 e. The van der Waals surface area contributed by atoms with Crippen LogP contribution in [0.2, 0.25) is 0 Å². The summed E-state index contributed by atoms with van der Waals surface area (Å²) in [4.78, 5) is 31.9. The van der Waals surface area contributed by atoms with E-state index in [0.717, 1.165) is 11.1 Å². The third-order valence-electron chi connectivity index (χ3n) is 3.94. The zero-order valence-corrected chi connectivity index (χ0v) is 14.8. The molecule has 2 aromatic rings. The molecule has 0 bridgehead atoms. The second kappa shape index (κ2) is 8.92. The molecule has 2 rings (SSSR count). The van der Waals surface area contributed by atoms with E-state index in [2.05, 4.69) is 34.4 Å². The van der Waals surface area contributed by atoms with Crippen LogP contribution >= 0.6 is 0 Å². The first-order valence-electron chi connectivity index (χ1n) is 8.38. The molecule has 1 atom stereocenters. The maximum atomic E-state index is 12.3. The quantitative estimate of drug-likeness (QED) is 0.811. The Morgan fingerprint density at radius 3 is 2.56 bits per heavy atom. The average molecular weight is 340 g/mol. The molecule has 2 N–H and O–H groups in total. The highest BCUT2D eigenvalue weighted by Crippen LogP contribution is 2.24. The molecule has 0 radical (unpaired) electrons. The molecular weight excluding hydrogens is 316 g/mol. The lowest BCUT2D eigenvalue weighted by Crippen LogP contribution is -2.35. The fourth-order valence-electron chi connectivity index (χ4n) is 2.58. The second-order valence-electron chi connectivity index (χ2n) is 6.24. The van der Waals surface area contributed by atoms with E-state index in [9.17, 15) is 9.59 Å². The Morgan fingerprint density at radius 1 is 1.16 bits per heavy atom. The van der Waals surface area contributed by atoms with Gasteiger partial charge >= 0.3 is 0 Å². The standard InChI is InChI=1S/C19H24N4O2/c1-13(2)18(15-7-5-4-6-14(15)3)23-17(24)8-9-22-19(25)16-12-20-10-11-21-16/h4-7,10-13,18H,8-9H2,1-3H3,(H,22,25)(H,23,24)/t18-/m1/s1. The fourth-order valence-corrected chi connectivity index (χ4v) is 2.58. The molecule has 1 aromatic carbocycles. The van der Waals surface area contributed by atoms with Crippen LogP contribution in [-0.2, 0) is 4.79 Å². The first-order chi connectivity index (χ1) is 12.0. The van der Waals surface area contributed by atoms with Crippen molar-refractivity contribution >= 4 is 11.8 Å². The van der Waals surface area contributed by atoms with Crippen molar-refractivity contribution in [2.75, 3.05) is 6.54 Å². The first kappa shape index (κ1) is 18.6. The molecule has 132 valence electrons. The normalized spacial score (nSPS) is 11.8. The third-order valence-corrected chi connectivity index (χ3v) is 3.94. The van der Waals surface area contributed by atoms with Gasteiger partial charge < -0.3 is 10.6 Å². The highest BCUT2D eigenvalue weighted by molar-refractivity contribution is 5.92. The van der Waals surface area contributed by atoms with Crippen molar-refractivity contribution in [3.8, 4) is 0 Å². The van der Waals surface area contributed by atoms with Crippen LogP contribution in [0, 0.1) is 12.8 Å². The number of carbonyl (C=O) groups is 2. The van der Waals surface area contributed by atoms with Crippen molar-refractivity contribution in [2.24, 2.45) is 5.92 Å². The second-order valence-corrected chi connectivity index (χ2v) is 6.24. The van der Waals surface area contributed by atoms with Crippen LogP contribution in [0.3, 0.4) is 0 Å². The minimum Gasteiger partial charge on any atom is -0.350 e. The molecule has 25 heavy (non-hydrogen) atoms. The minimum atomic E-state index is -0.333. The van der Waals surface area contributed by atoms with E-state index in [4.69, 9.17) is 0 Å². The van der Waals surface area contributed by atoms with Crippen LogP contribution < -0.4 is 10.6 Å². The van der Waals surface area contributed by atoms with Gasteiger partial charge in [0.15, 0.2) is 0 Å². The van der Waals surface area contributed by atoms with Gasteiger partial charge in [0.1, 0.15) is 5.69 Å². The average Bonchev–Trinajstić information content (AvgIpc) is 2.61. The van der Waals surface area contributed by atoms with E-state index >= 15 is 0 Å². The van der Waals surface area contributed by atoms with E-state index in [0.29, 0.717) is 0 Å². The number of aromatic nitrogens is 2. The van der Waals surface area contributed by atoms with Crippen molar-refractivity contribution < 1.29 is 9.59 Å². The van der Waals surface area contributed by atoms with Crippen LogP contribution in [0.25, 0.3) is 0 Å². The zero-order valence-electron chi connectivity index (χ0n) is 14.8. The Labute approximate surface area is 148 Å². The van der Waals surface area contributed by atoms with E-state index in [1.54, 1.807) is 0 Å². The van der Waals surface area contributed by atoms with Gasteiger partial charge in [-0.1, -0.05) is 38.1 Å². The number of hydrogen-bond donors (Lipinski definition) is 2. The van der Waals surface area contributed by atoms with E-state index in [-0.39, 0.29) is 42.4 Å². The Morgan fingerprint density at radius 2 is 1.92 bits per heavy atom. The van der Waals surface area contributed by atoms with Crippen molar-refractivity contribution in [3.63, 3.8) is 0 Å². The molecule has 1 heterocycles. The highest BCUT2D eigenvalue weighted by Gasteiger charge is 2.19. The van der Waals surface area contributed by atoms with Gasteiger partial charge in [-0.3, -0.25) is 14.6 Å². The molecule has 0 aliphatic carbocycles. The van der Waals surface area contributed by atoms with Crippen molar-refractivity contribution in [3.05, 3.63) is 59.7 Å². The Hall–Kier alpha value is -2.76. The number of nitrogens with one attached hydrogen (secondary N) is 2. The molecule has 0 unspecified atom stereocenters. The third kappa shape index (κ3) is 5.38. The van der Waals surface area contributed by atoms with Crippen LogP contribution in [-0.4, -0.2) is 28.3 Å². The van der Waals surface area contributed by atoms with Crippen molar-refractivity contribution in [1.82, 2.24) is 20.6 Å². The molecule has 0 fully saturated rings. The van der Waals surface area contributed by atoms with E-state index in [1.165, 1.54) is 18.6 Å². The van der Waals surface area contributed by atoms with Gasteiger partial charge in [-0.25, -0.2) is 4.98 Å². The molecule has 0 saturated carbocycles. The summed E-state index contributed by atoms with van der Waals surface area (Å²) in [6.45, 7) is 6.44. The summed E-state index contributed by atoms with van der Waals surface area (Å²) in [7, 11) is 0. The predicted molar refractivity (Wildman–Crippen MR) is 95.9 cm³/mol. The molecule has 0 aliphatic heterocycles. The predicted octanol–water partition coefficient (Wildman–Crippen LogP) is 2.42. The zero-order chi connectivity index (χ0) is 18.2. The summed E-state index contributed by atoms with van der Waals surface area (Å²) in [5, 5.41) is 5.75. The molecule has 1 aromatic heterocycles. The Bertz CT molecular complexity index is 716. The molecular formula is C19H24N4O2. The lowest BCUT2D eigenvalue weighted by Gasteiger charge is -2.24. The summed E-state index contributed by atoms with van der Waals surface area (Å²) >= 11 is 0. The number of nitrogens with zero attached hydrogens (tertiary/aromatic N) is 2. The summed E-state index contributed by atoms with van der Waals surface area (Å²) < 4.78 is 0. The van der Waals surface area contributed by atoms with Crippen molar-refractivity contribution in [2.45, 2.75) is 33.2 Å². The van der Waals surface area contributed by atoms with E-state index in [1.807, 2.05) is 31.2 Å². The van der Waals surface area contributed by atoms with Gasteiger partial charge in [-0.15, -0.1) is 0 Å². The lowest BCUT2D eigenvalue weighted by molar-refractivity contribution is -0.122. The molecule has 0 saturated heterocycles. The Kier molecular flexibility index (Phi) is 6.62. The van der Waals surface area contributed by atoms with Gasteiger partial charge in [0, 0.05) is 25.4 Å². The molecule has 6 nitrogen and oxygen atoms in total. The van der Waals surface area contributed by atoms with Crippen LogP contribution in [0.1, 0.15) is 47.9 Å². The summed E-state index contributed by atoms with van der Waals surface area (Å²) in [5.41, 5.74) is 2.51. The fraction of sp³-hybridized carbons (Fsp3) is 0.368. The number of rotatable bonds is 7. The van der Waals surface area contributed by atoms with Crippen molar-refractivity contribution in [1.29, 1.82) is 0 Å².